The molecule has 0 aromatic rings. The lowest BCUT2D eigenvalue weighted by atomic mass is 10.0. The Balaban J connectivity index is 3.60. The molecular formula is C27H59NO6P+. The molecule has 1 N–H and O–H groups in total. The Morgan fingerprint density at radius 2 is 1.17 bits per heavy atom. The highest BCUT2D eigenvalue weighted by atomic mass is 31.2. The summed E-state index contributed by atoms with van der Waals surface area (Å²) in [5.74, 6) is 0. The number of unbranched alkanes of at least 4 members (excludes halogenated alkanes) is 15. The normalized spacial score (nSPS) is 14.8. The van der Waals surface area contributed by atoms with Crippen LogP contribution < -0.4 is 0 Å². The molecule has 7 nitrogen and oxygen atoms in total. The van der Waals surface area contributed by atoms with E-state index in [1.165, 1.54) is 97.0 Å². The molecular weight excluding hydrogens is 465 g/mol. The highest BCUT2D eigenvalue weighted by Crippen LogP contribution is 2.44. The van der Waals surface area contributed by atoms with Crippen molar-refractivity contribution in [3.05, 3.63) is 0 Å². The van der Waals surface area contributed by atoms with Gasteiger partial charge in [-0.1, -0.05) is 103 Å². The summed E-state index contributed by atoms with van der Waals surface area (Å²) in [5, 5.41) is 0. The molecule has 212 valence electrons. The van der Waals surface area contributed by atoms with E-state index in [0.29, 0.717) is 17.6 Å². The molecule has 0 aromatic heterocycles. The van der Waals surface area contributed by atoms with Gasteiger partial charge in [-0.3, -0.25) is 9.05 Å². The lowest BCUT2D eigenvalue weighted by Crippen LogP contribution is -2.37. The van der Waals surface area contributed by atoms with E-state index in [2.05, 4.69) is 6.92 Å². The van der Waals surface area contributed by atoms with Crippen LogP contribution in [0.15, 0.2) is 0 Å². The number of phosphoric acid groups is 1. The lowest BCUT2D eigenvalue weighted by molar-refractivity contribution is -0.870. The molecule has 0 amide bonds. The van der Waals surface area contributed by atoms with E-state index in [9.17, 15) is 9.46 Å². The van der Waals surface area contributed by atoms with Crippen LogP contribution in [0.4, 0.5) is 0 Å². The van der Waals surface area contributed by atoms with E-state index in [1.54, 1.807) is 0 Å². The average molecular weight is 525 g/mol. The molecule has 0 radical (unpaired) electrons. The summed E-state index contributed by atoms with van der Waals surface area (Å²) in [4.78, 5) is 9.95. The summed E-state index contributed by atoms with van der Waals surface area (Å²) in [7, 11) is 3.38. The summed E-state index contributed by atoms with van der Waals surface area (Å²) in [5.41, 5.74) is 0. The van der Waals surface area contributed by atoms with Gasteiger partial charge in [0.25, 0.3) is 0 Å². The van der Waals surface area contributed by atoms with Gasteiger partial charge in [0.1, 0.15) is 19.3 Å². The van der Waals surface area contributed by atoms with Crippen LogP contribution >= 0.6 is 7.82 Å². The summed E-state index contributed by atoms with van der Waals surface area (Å²) < 4.78 is 33.9. The fourth-order valence-electron chi connectivity index (χ4n) is 3.91. The Bertz CT molecular complexity index is 501. The first-order chi connectivity index (χ1) is 16.7. The Morgan fingerprint density at radius 3 is 1.60 bits per heavy atom. The molecule has 1 unspecified atom stereocenters. The quantitative estimate of drug-likeness (QED) is 0.0701. The molecule has 0 saturated carbocycles. The van der Waals surface area contributed by atoms with Gasteiger partial charge in [0.15, 0.2) is 0 Å². The Labute approximate surface area is 217 Å². The molecule has 0 aliphatic rings. The minimum Gasteiger partial charge on any atom is -0.382 e. The smallest absolute Gasteiger partial charge is 0.382 e. The minimum atomic E-state index is -4.13. The maximum Gasteiger partial charge on any atom is 0.472 e. The molecule has 0 bridgehead atoms. The second-order valence-electron chi connectivity index (χ2n) is 10.9. The first-order valence-electron chi connectivity index (χ1n) is 14.2. The number of methoxy groups -OCH3 is 1. The topological polar surface area (TPSA) is 74.2 Å². The highest BCUT2D eigenvalue weighted by molar-refractivity contribution is 7.47. The van der Waals surface area contributed by atoms with Gasteiger partial charge >= 0.3 is 7.82 Å². The van der Waals surface area contributed by atoms with Gasteiger partial charge in [0.05, 0.1) is 34.4 Å². The van der Waals surface area contributed by atoms with Gasteiger partial charge in [0.2, 0.25) is 0 Å². The third-order valence-corrected chi connectivity index (χ3v) is 7.17. The Hall–Kier alpha value is -0.0100. The fraction of sp³-hybridized carbons (Fsp3) is 1.00. The lowest BCUT2D eigenvalue weighted by Gasteiger charge is -2.25. The zero-order valence-electron chi connectivity index (χ0n) is 23.8. The van der Waals surface area contributed by atoms with E-state index in [0.717, 1.165) is 12.8 Å². The van der Waals surface area contributed by atoms with E-state index in [-0.39, 0.29) is 19.8 Å². The minimum absolute atomic E-state index is 0.150. The predicted octanol–water partition coefficient (Wildman–Crippen LogP) is 7.12. The number of likely N-dealkylation sites (N-methyl/N-ethyl adjacent to an activating group) is 1. The van der Waals surface area contributed by atoms with Crippen LogP contribution in [0.3, 0.4) is 0 Å². The van der Waals surface area contributed by atoms with Crippen LogP contribution in [0.25, 0.3) is 0 Å². The third-order valence-electron chi connectivity index (χ3n) is 6.10. The zero-order valence-corrected chi connectivity index (χ0v) is 24.7. The number of quaternary nitrogens is 1. The van der Waals surface area contributed by atoms with Crippen molar-refractivity contribution in [1.82, 2.24) is 0 Å². The van der Waals surface area contributed by atoms with E-state index in [4.69, 9.17) is 18.5 Å². The SMILES string of the molecule is CCCCCCCCCCCCCCCCCCOC[C@H](COC)OP(=O)(O)OCC[N+](C)(C)C. The van der Waals surface area contributed by atoms with E-state index < -0.39 is 13.9 Å². The summed E-state index contributed by atoms with van der Waals surface area (Å²) in [6, 6.07) is 0. The second-order valence-corrected chi connectivity index (χ2v) is 12.3. The van der Waals surface area contributed by atoms with Crippen molar-refractivity contribution in [3.63, 3.8) is 0 Å². The largest absolute Gasteiger partial charge is 0.472 e. The molecule has 0 rings (SSSR count). The van der Waals surface area contributed by atoms with Crippen LogP contribution in [0.2, 0.25) is 0 Å². The number of hydrogen-bond acceptors (Lipinski definition) is 5. The average Bonchev–Trinajstić information content (AvgIpc) is 2.77. The van der Waals surface area contributed by atoms with Crippen LogP contribution in [-0.4, -0.2) is 76.7 Å². The molecule has 0 fully saturated rings. The van der Waals surface area contributed by atoms with Gasteiger partial charge in [-0.2, -0.15) is 0 Å². The van der Waals surface area contributed by atoms with Crippen LogP contribution in [0, 0.1) is 0 Å². The van der Waals surface area contributed by atoms with E-state index in [1.807, 2.05) is 21.1 Å². The van der Waals surface area contributed by atoms with Gasteiger partial charge in [-0.15, -0.1) is 0 Å². The number of phosphoric ester groups is 1. The fourth-order valence-corrected chi connectivity index (χ4v) is 4.78. The molecule has 0 aromatic carbocycles. The van der Waals surface area contributed by atoms with Gasteiger partial charge < -0.3 is 18.9 Å². The zero-order chi connectivity index (χ0) is 26.3. The van der Waals surface area contributed by atoms with Crippen molar-refractivity contribution in [2.45, 2.75) is 116 Å². The summed E-state index contributed by atoms with van der Waals surface area (Å²) >= 11 is 0. The van der Waals surface area contributed by atoms with Crippen molar-refractivity contribution >= 4 is 7.82 Å². The second kappa shape index (κ2) is 23.1. The third kappa shape index (κ3) is 26.9. The number of rotatable bonds is 27. The van der Waals surface area contributed by atoms with Crippen molar-refractivity contribution in [2.75, 3.05) is 61.2 Å². The monoisotopic (exact) mass is 524 g/mol. The maximum absolute atomic E-state index is 12.2. The van der Waals surface area contributed by atoms with Crippen molar-refractivity contribution < 1.29 is 32.5 Å². The summed E-state index contributed by atoms with van der Waals surface area (Å²) in [6.45, 7) is 4.06. The molecule has 8 heteroatoms. The van der Waals surface area contributed by atoms with E-state index >= 15 is 0 Å². The molecule has 0 saturated heterocycles. The molecule has 35 heavy (non-hydrogen) atoms. The Kier molecular flexibility index (Phi) is 23.1. The first kappa shape index (κ1) is 35.0. The summed E-state index contributed by atoms with van der Waals surface area (Å²) in [6.07, 6.45) is 20.8. The molecule has 0 heterocycles. The van der Waals surface area contributed by atoms with Crippen LogP contribution in [0.1, 0.15) is 110 Å². The molecule has 0 aliphatic heterocycles. The van der Waals surface area contributed by atoms with Crippen molar-refractivity contribution in [3.8, 4) is 0 Å². The standard InChI is InChI=1S/C27H58NO6P/c1-6-7-8-9-10-11-12-13-14-15-16-17-18-19-20-21-23-32-26-27(25-31-5)34-35(29,30)33-24-22-28(2,3)4/h27H,6-26H2,1-5H3/p+1/t27-/m0/s1. The first-order valence-corrected chi connectivity index (χ1v) is 15.7. The van der Waals surface area contributed by atoms with Gasteiger partial charge in [-0.25, -0.2) is 4.57 Å². The van der Waals surface area contributed by atoms with Gasteiger partial charge in [0, 0.05) is 13.7 Å². The predicted molar refractivity (Wildman–Crippen MR) is 146 cm³/mol. The number of ether oxygens (including phenoxy) is 2. The maximum atomic E-state index is 12.2. The van der Waals surface area contributed by atoms with Crippen LogP contribution in [-0.2, 0) is 23.1 Å². The Morgan fingerprint density at radius 1 is 0.714 bits per heavy atom. The highest BCUT2D eigenvalue weighted by Gasteiger charge is 2.27. The van der Waals surface area contributed by atoms with Crippen molar-refractivity contribution in [1.29, 1.82) is 0 Å². The number of nitrogens with zero attached hydrogens (tertiary/aromatic N) is 1. The molecule has 0 aliphatic carbocycles. The number of hydrogen-bond donors (Lipinski definition) is 1. The van der Waals surface area contributed by atoms with Crippen molar-refractivity contribution in [2.24, 2.45) is 0 Å². The molecule has 0 spiro atoms. The molecule has 2 atom stereocenters. The van der Waals surface area contributed by atoms with Crippen LogP contribution in [0.5, 0.6) is 0 Å². The van der Waals surface area contributed by atoms with Gasteiger partial charge in [-0.05, 0) is 6.42 Å².